The molecule has 0 heterocycles. The van der Waals surface area contributed by atoms with Crippen LogP contribution in [0.1, 0.15) is 64.4 Å². The minimum atomic E-state index is -0.578. The number of alkyl carbamates (subject to hydrolysis) is 1. The largest absolute Gasteiger partial charge is 0.444 e. The van der Waals surface area contributed by atoms with Crippen LogP contribution in [0.25, 0.3) is 0 Å². The highest BCUT2D eigenvalue weighted by Gasteiger charge is 2.23. The maximum absolute atomic E-state index is 13.6. The van der Waals surface area contributed by atoms with E-state index in [1.54, 1.807) is 37.8 Å². The lowest BCUT2D eigenvalue weighted by molar-refractivity contribution is 0.0494. The normalized spacial score (nSPS) is 11.6. The number of aryl methyl sites for hydroxylation is 1. The fourth-order valence-electron chi connectivity index (χ4n) is 2.52. The molecule has 6 heteroatoms. The van der Waals surface area contributed by atoms with Crippen LogP contribution in [0.2, 0.25) is 0 Å². The van der Waals surface area contributed by atoms with Gasteiger partial charge in [-0.2, -0.15) is 0 Å². The van der Waals surface area contributed by atoms with E-state index < -0.39 is 17.5 Å². The second-order valence-corrected chi connectivity index (χ2v) is 7.39. The summed E-state index contributed by atoms with van der Waals surface area (Å²) in [4.78, 5) is 26.2. The Balaban J connectivity index is 0.00000227. The Morgan fingerprint density at radius 1 is 1.32 bits per heavy atom. The summed E-state index contributed by atoms with van der Waals surface area (Å²) in [7, 11) is 0. The SMILES string of the molecule is C=CC.CCc1ccc(F)cc1C(=O)N(CC)C(C)CNC(=O)OC(C)(C)C. The second-order valence-electron chi connectivity index (χ2n) is 7.39. The van der Waals surface area contributed by atoms with Crippen molar-refractivity contribution < 1.29 is 18.7 Å². The van der Waals surface area contributed by atoms with Gasteiger partial charge < -0.3 is 15.0 Å². The maximum Gasteiger partial charge on any atom is 0.407 e. The zero-order chi connectivity index (χ0) is 21.9. The topological polar surface area (TPSA) is 58.6 Å². The molecule has 28 heavy (non-hydrogen) atoms. The zero-order valence-corrected chi connectivity index (χ0v) is 18.3. The van der Waals surface area contributed by atoms with Crippen LogP contribution in [0.4, 0.5) is 9.18 Å². The lowest BCUT2D eigenvalue weighted by Crippen LogP contribution is -2.46. The molecular formula is C22H35FN2O3. The third-order valence-electron chi connectivity index (χ3n) is 3.76. The Labute approximate surface area is 168 Å². The Hall–Kier alpha value is -2.37. The Bertz CT molecular complexity index is 654. The average molecular weight is 395 g/mol. The van der Waals surface area contributed by atoms with Gasteiger partial charge in [-0.3, -0.25) is 4.79 Å². The molecule has 2 amide bonds. The predicted octanol–water partition coefficient (Wildman–Crippen LogP) is 4.96. The number of nitrogens with zero attached hydrogens (tertiary/aromatic N) is 1. The smallest absolute Gasteiger partial charge is 0.407 e. The molecule has 1 aromatic carbocycles. The van der Waals surface area contributed by atoms with Gasteiger partial charge in [0.15, 0.2) is 0 Å². The number of carbonyl (C=O) groups is 2. The van der Waals surface area contributed by atoms with Gasteiger partial charge >= 0.3 is 6.09 Å². The van der Waals surface area contributed by atoms with E-state index in [2.05, 4.69) is 11.9 Å². The number of nitrogens with one attached hydrogen (secondary N) is 1. The van der Waals surface area contributed by atoms with E-state index in [9.17, 15) is 14.0 Å². The summed E-state index contributed by atoms with van der Waals surface area (Å²) in [5.74, 6) is -0.673. The molecule has 5 nitrogen and oxygen atoms in total. The number of likely N-dealkylation sites (N-methyl/N-ethyl adjacent to an activating group) is 1. The molecule has 0 saturated carbocycles. The predicted molar refractivity (Wildman–Crippen MR) is 112 cm³/mol. The summed E-state index contributed by atoms with van der Waals surface area (Å²) in [6.07, 6.45) is 1.87. The van der Waals surface area contributed by atoms with Crippen molar-refractivity contribution in [2.75, 3.05) is 13.1 Å². The van der Waals surface area contributed by atoms with Crippen molar-refractivity contribution in [3.05, 3.63) is 47.8 Å². The Kier molecular flexibility index (Phi) is 11.1. The summed E-state index contributed by atoms with van der Waals surface area (Å²) < 4.78 is 18.8. The molecule has 0 radical (unpaired) electrons. The van der Waals surface area contributed by atoms with Gasteiger partial charge in [-0.05, 0) is 65.7 Å². The van der Waals surface area contributed by atoms with E-state index in [1.807, 2.05) is 27.7 Å². The van der Waals surface area contributed by atoms with E-state index in [1.165, 1.54) is 12.1 Å². The van der Waals surface area contributed by atoms with Crippen LogP contribution < -0.4 is 5.32 Å². The van der Waals surface area contributed by atoms with E-state index in [0.29, 0.717) is 18.5 Å². The third kappa shape index (κ3) is 9.02. The van der Waals surface area contributed by atoms with Crippen LogP contribution in [0.5, 0.6) is 0 Å². The van der Waals surface area contributed by atoms with Gasteiger partial charge in [0, 0.05) is 24.7 Å². The molecule has 0 aliphatic carbocycles. The van der Waals surface area contributed by atoms with Crippen LogP contribution in [-0.2, 0) is 11.2 Å². The van der Waals surface area contributed by atoms with E-state index in [0.717, 1.165) is 5.56 Å². The molecule has 0 bridgehead atoms. The first-order chi connectivity index (χ1) is 13.0. The van der Waals surface area contributed by atoms with E-state index in [4.69, 9.17) is 4.74 Å². The summed E-state index contributed by atoms with van der Waals surface area (Å²) >= 11 is 0. The van der Waals surface area contributed by atoms with Gasteiger partial charge in [-0.1, -0.05) is 19.1 Å². The molecule has 1 N–H and O–H groups in total. The van der Waals surface area contributed by atoms with Crippen molar-refractivity contribution in [3.8, 4) is 0 Å². The molecule has 1 unspecified atom stereocenters. The fourth-order valence-corrected chi connectivity index (χ4v) is 2.52. The van der Waals surface area contributed by atoms with Crippen molar-refractivity contribution >= 4 is 12.0 Å². The van der Waals surface area contributed by atoms with Crippen molar-refractivity contribution in [1.29, 1.82) is 0 Å². The van der Waals surface area contributed by atoms with E-state index in [-0.39, 0.29) is 18.5 Å². The number of ether oxygens (including phenoxy) is 1. The molecule has 0 fully saturated rings. The van der Waals surface area contributed by atoms with Gasteiger partial charge in [0.05, 0.1) is 0 Å². The van der Waals surface area contributed by atoms with Gasteiger partial charge in [-0.15, -0.1) is 6.58 Å². The highest BCUT2D eigenvalue weighted by atomic mass is 19.1. The van der Waals surface area contributed by atoms with Crippen LogP contribution in [0, 0.1) is 5.82 Å². The highest BCUT2D eigenvalue weighted by Crippen LogP contribution is 2.16. The number of benzene rings is 1. The minimum Gasteiger partial charge on any atom is -0.444 e. The lowest BCUT2D eigenvalue weighted by Gasteiger charge is -2.29. The van der Waals surface area contributed by atoms with Gasteiger partial charge in [0.25, 0.3) is 5.91 Å². The van der Waals surface area contributed by atoms with Crippen LogP contribution in [0.15, 0.2) is 30.9 Å². The first-order valence-electron chi connectivity index (χ1n) is 9.63. The molecule has 1 atom stereocenters. The summed E-state index contributed by atoms with van der Waals surface area (Å²) in [5, 5.41) is 2.67. The Morgan fingerprint density at radius 3 is 2.36 bits per heavy atom. The molecule has 0 spiro atoms. The van der Waals surface area contributed by atoms with Crippen molar-refractivity contribution in [2.24, 2.45) is 0 Å². The third-order valence-corrected chi connectivity index (χ3v) is 3.76. The first-order valence-corrected chi connectivity index (χ1v) is 9.63. The van der Waals surface area contributed by atoms with Gasteiger partial charge in [0.2, 0.25) is 0 Å². The van der Waals surface area contributed by atoms with Crippen LogP contribution in [0.3, 0.4) is 0 Å². The van der Waals surface area contributed by atoms with E-state index >= 15 is 0 Å². The molecule has 0 aliphatic rings. The number of allylic oxidation sites excluding steroid dienone is 1. The van der Waals surface area contributed by atoms with Crippen molar-refractivity contribution in [1.82, 2.24) is 10.2 Å². The molecule has 0 saturated heterocycles. The van der Waals surface area contributed by atoms with Crippen LogP contribution >= 0.6 is 0 Å². The number of amides is 2. The number of rotatable bonds is 6. The number of hydrogen-bond donors (Lipinski definition) is 1. The summed E-state index contributed by atoms with van der Waals surface area (Å²) in [5.41, 5.74) is 0.594. The van der Waals surface area contributed by atoms with Crippen molar-refractivity contribution in [3.63, 3.8) is 0 Å². The monoisotopic (exact) mass is 394 g/mol. The lowest BCUT2D eigenvalue weighted by atomic mass is 10.0. The molecule has 1 aromatic rings. The quantitative estimate of drug-likeness (QED) is 0.694. The molecule has 158 valence electrons. The molecule has 1 rings (SSSR count). The summed E-state index contributed by atoms with van der Waals surface area (Å²) in [6, 6.07) is 4.02. The molecule has 0 aliphatic heterocycles. The maximum atomic E-state index is 13.6. The zero-order valence-electron chi connectivity index (χ0n) is 18.3. The molecular weight excluding hydrogens is 359 g/mol. The second kappa shape index (κ2) is 12.2. The van der Waals surface area contributed by atoms with Crippen molar-refractivity contribution in [2.45, 2.75) is 66.5 Å². The first kappa shape index (κ1) is 25.6. The van der Waals surface area contributed by atoms with Gasteiger partial charge in [-0.25, -0.2) is 9.18 Å². The average Bonchev–Trinajstić information content (AvgIpc) is 2.59. The number of halogens is 1. The number of carbonyl (C=O) groups excluding carboxylic acids is 2. The fraction of sp³-hybridized carbons (Fsp3) is 0.545. The summed E-state index contributed by atoms with van der Waals surface area (Å²) in [6.45, 7) is 16.9. The van der Waals surface area contributed by atoms with Crippen LogP contribution in [-0.4, -0.2) is 41.6 Å². The molecule has 0 aromatic heterocycles. The highest BCUT2D eigenvalue weighted by molar-refractivity contribution is 5.96. The standard InChI is InChI=1S/C19H29FN2O3.C3H6/c1-7-14-9-10-15(20)11-16(14)17(23)22(8-2)13(3)12-21-18(24)25-19(4,5)6;1-3-2/h9-11,13H,7-8,12H2,1-6H3,(H,21,24);3H,1H2,2H3. The number of hydrogen-bond acceptors (Lipinski definition) is 3. The Morgan fingerprint density at radius 2 is 1.89 bits per heavy atom. The minimum absolute atomic E-state index is 0.239. The van der Waals surface area contributed by atoms with Gasteiger partial charge in [0.1, 0.15) is 11.4 Å².